The quantitative estimate of drug-likeness (QED) is 0.612. The Morgan fingerprint density at radius 3 is 3.00 bits per heavy atom. The van der Waals surface area contributed by atoms with Crippen molar-refractivity contribution in [2.75, 3.05) is 0 Å². The minimum atomic E-state index is 0.878. The SMILES string of the molecule is Cc1cccc2c1SC1CCCCC21. The zero-order chi connectivity index (χ0) is 9.54. The topological polar surface area (TPSA) is 0 Å². The Balaban J connectivity index is 2.05. The third-order valence-corrected chi connectivity index (χ3v) is 5.27. The third kappa shape index (κ3) is 1.22. The molecule has 0 saturated heterocycles. The van der Waals surface area contributed by atoms with Crippen LogP contribution >= 0.6 is 11.8 Å². The maximum absolute atomic E-state index is 2.35. The molecule has 1 fully saturated rings. The van der Waals surface area contributed by atoms with E-state index >= 15 is 0 Å². The molecule has 3 rings (SSSR count). The summed E-state index contributed by atoms with van der Waals surface area (Å²) in [5.41, 5.74) is 3.14. The monoisotopic (exact) mass is 204 g/mol. The lowest BCUT2D eigenvalue weighted by Gasteiger charge is -2.24. The molecule has 1 saturated carbocycles. The van der Waals surface area contributed by atoms with Crippen LogP contribution in [0.1, 0.15) is 42.7 Å². The third-order valence-electron chi connectivity index (χ3n) is 3.61. The number of hydrogen-bond donors (Lipinski definition) is 0. The molecule has 1 heteroatoms. The number of rotatable bonds is 0. The smallest absolute Gasteiger partial charge is 0.0164 e. The summed E-state index contributed by atoms with van der Waals surface area (Å²) in [6.45, 7) is 2.25. The molecule has 1 heterocycles. The van der Waals surface area contributed by atoms with Gasteiger partial charge in [-0.2, -0.15) is 0 Å². The van der Waals surface area contributed by atoms with Crippen LogP contribution in [0.15, 0.2) is 23.1 Å². The molecule has 74 valence electrons. The standard InChI is InChI=1S/C13H16S/c1-9-5-4-7-11-10-6-2-3-8-12(10)14-13(9)11/h4-5,7,10,12H,2-3,6,8H2,1H3. The van der Waals surface area contributed by atoms with E-state index in [-0.39, 0.29) is 0 Å². The van der Waals surface area contributed by atoms with Gasteiger partial charge in [0.2, 0.25) is 0 Å². The minimum Gasteiger partial charge on any atom is -0.122 e. The first-order chi connectivity index (χ1) is 6.86. The summed E-state index contributed by atoms with van der Waals surface area (Å²) in [5.74, 6) is 0.878. The summed E-state index contributed by atoms with van der Waals surface area (Å²) in [4.78, 5) is 1.60. The van der Waals surface area contributed by atoms with E-state index in [0.717, 1.165) is 11.2 Å². The maximum atomic E-state index is 2.35. The number of thioether (sulfide) groups is 1. The predicted molar refractivity (Wildman–Crippen MR) is 62.0 cm³/mol. The van der Waals surface area contributed by atoms with Crippen LogP contribution in [0.25, 0.3) is 0 Å². The maximum Gasteiger partial charge on any atom is 0.0164 e. The fraction of sp³-hybridized carbons (Fsp3) is 0.538. The lowest BCUT2D eigenvalue weighted by molar-refractivity contribution is 0.461. The van der Waals surface area contributed by atoms with E-state index in [1.165, 1.54) is 31.2 Å². The highest BCUT2D eigenvalue weighted by Crippen LogP contribution is 2.52. The molecule has 0 amide bonds. The molecule has 0 N–H and O–H groups in total. The van der Waals surface area contributed by atoms with Crippen molar-refractivity contribution >= 4 is 11.8 Å². The van der Waals surface area contributed by atoms with E-state index in [4.69, 9.17) is 0 Å². The summed E-state index contributed by atoms with van der Waals surface area (Å²) in [6, 6.07) is 6.83. The van der Waals surface area contributed by atoms with Crippen LogP contribution in [-0.2, 0) is 0 Å². The highest BCUT2D eigenvalue weighted by molar-refractivity contribution is 8.00. The zero-order valence-electron chi connectivity index (χ0n) is 8.62. The minimum absolute atomic E-state index is 0.878. The van der Waals surface area contributed by atoms with Crippen molar-refractivity contribution in [1.29, 1.82) is 0 Å². The summed E-state index contributed by atoms with van der Waals surface area (Å²) in [5, 5.41) is 0.903. The van der Waals surface area contributed by atoms with Gasteiger partial charge in [-0.15, -0.1) is 11.8 Å². The Bertz CT molecular complexity index is 356. The van der Waals surface area contributed by atoms with Crippen molar-refractivity contribution in [3.8, 4) is 0 Å². The van der Waals surface area contributed by atoms with E-state index in [1.54, 1.807) is 10.5 Å². The Morgan fingerprint density at radius 2 is 2.07 bits per heavy atom. The molecule has 0 bridgehead atoms. The molecule has 0 nitrogen and oxygen atoms in total. The molecule has 2 atom stereocenters. The van der Waals surface area contributed by atoms with Gasteiger partial charge in [0.15, 0.2) is 0 Å². The molecule has 0 spiro atoms. The Hall–Kier alpha value is -0.430. The van der Waals surface area contributed by atoms with Gasteiger partial charge in [0.05, 0.1) is 0 Å². The predicted octanol–water partition coefficient (Wildman–Crippen LogP) is 4.13. The molecule has 1 aromatic carbocycles. The second kappa shape index (κ2) is 3.30. The van der Waals surface area contributed by atoms with Gasteiger partial charge in [0.25, 0.3) is 0 Å². The van der Waals surface area contributed by atoms with Crippen molar-refractivity contribution in [3.63, 3.8) is 0 Å². The molecule has 1 aliphatic heterocycles. The molecular weight excluding hydrogens is 188 g/mol. The molecule has 2 unspecified atom stereocenters. The molecule has 1 aliphatic carbocycles. The van der Waals surface area contributed by atoms with Crippen molar-refractivity contribution < 1.29 is 0 Å². The van der Waals surface area contributed by atoms with E-state index in [1.807, 2.05) is 0 Å². The van der Waals surface area contributed by atoms with Crippen LogP contribution < -0.4 is 0 Å². The first-order valence-electron chi connectivity index (χ1n) is 5.62. The lowest BCUT2D eigenvalue weighted by atomic mass is 9.83. The highest BCUT2D eigenvalue weighted by Gasteiger charge is 2.35. The van der Waals surface area contributed by atoms with Gasteiger partial charge in [-0.05, 0) is 36.8 Å². The van der Waals surface area contributed by atoms with Gasteiger partial charge in [0, 0.05) is 10.1 Å². The average molecular weight is 204 g/mol. The number of aryl methyl sites for hydroxylation is 1. The summed E-state index contributed by atoms with van der Waals surface area (Å²) in [6.07, 6.45) is 5.74. The molecule has 0 radical (unpaired) electrons. The zero-order valence-corrected chi connectivity index (χ0v) is 9.44. The van der Waals surface area contributed by atoms with Crippen LogP contribution in [0.4, 0.5) is 0 Å². The van der Waals surface area contributed by atoms with Gasteiger partial charge >= 0.3 is 0 Å². The normalized spacial score (nSPS) is 29.8. The summed E-state index contributed by atoms with van der Waals surface area (Å²) < 4.78 is 0. The second-order valence-electron chi connectivity index (χ2n) is 4.54. The van der Waals surface area contributed by atoms with Crippen molar-refractivity contribution in [2.45, 2.75) is 48.7 Å². The Morgan fingerprint density at radius 1 is 1.21 bits per heavy atom. The molecule has 2 aliphatic rings. The van der Waals surface area contributed by atoms with Crippen LogP contribution in [0, 0.1) is 6.92 Å². The highest BCUT2D eigenvalue weighted by atomic mass is 32.2. The van der Waals surface area contributed by atoms with Crippen molar-refractivity contribution in [1.82, 2.24) is 0 Å². The first-order valence-corrected chi connectivity index (χ1v) is 6.50. The number of fused-ring (bicyclic) bond motifs is 3. The Labute approximate surface area is 90.1 Å². The van der Waals surface area contributed by atoms with E-state index in [2.05, 4.69) is 36.9 Å². The van der Waals surface area contributed by atoms with Crippen LogP contribution in [-0.4, -0.2) is 5.25 Å². The molecule has 0 aromatic heterocycles. The summed E-state index contributed by atoms with van der Waals surface area (Å²) >= 11 is 2.15. The second-order valence-corrected chi connectivity index (χ2v) is 5.79. The van der Waals surface area contributed by atoms with E-state index in [0.29, 0.717) is 0 Å². The lowest BCUT2D eigenvalue weighted by Crippen LogP contribution is -2.14. The molecule has 14 heavy (non-hydrogen) atoms. The fourth-order valence-electron chi connectivity index (χ4n) is 2.87. The molecular formula is C13H16S. The van der Waals surface area contributed by atoms with Crippen LogP contribution in [0.3, 0.4) is 0 Å². The van der Waals surface area contributed by atoms with Gasteiger partial charge < -0.3 is 0 Å². The first kappa shape index (κ1) is 8.84. The number of benzene rings is 1. The van der Waals surface area contributed by atoms with Gasteiger partial charge in [-0.3, -0.25) is 0 Å². The van der Waals surface area contributed by atoms with Crippen LogP contribution in [0.2, 0.25) is 0 Å². The molecule has 1 aromatic rings. The van der Waals surface area contributed by atoms with Gasteiger partial charge in [-0.25, -0.2) is 0 Å². The van der Waals surface area contributed by atoms with Crippen LogP contribution in [0.5, 0.6) is 0 Å². The average Bonchev–Trinajstić information content (AvgIpc) is 2.59. The fourth-order valence-corrected chi connectivity index (χ4v) is 4.52. The summed E-state index contributed by atoms with van der Waals surface area (Å²) in [7, 11) is 0. The van der Waals surface area contributed by atoms with E-state index in [9.17, 15) is 0 Å². The number of hydrogen-bond acceptors (Lipinski definition) is 1. The van der Waals surface area contributed by atoms with Gasteiger partial charge in [0.1, 0.15) is 0 Å². The van der Waals surface area contributed by atoms with E-state index < -0.39 is 0 Å². The van der Waals surface area contributed by atoms with Crippen molar-refractivity contribution in [2.24, 2.45) is 0 Å². The Kier molecular flexibility index (Phi) is 2.09. The largest absolute Gasteiger partial charge is 0.122 e. The van der Waals surface area contributed by atoms with Crippen molar-refractivity contribution in [3.05, 3.63) is 29.3 Å². The van der Waals surface area contributed by atoms with Gasteiger partial charge in [-0.1, -0.05) is 31.0 Å².